The van der Waals surface area contributed by atoms with Crippen molar-refractivity contribution in [3.8, 4) is 0 Å². The van der Waals surface area contributed by atoms with Crippen molar-refractivity contribution >= 4 is 47.3 Å². The average molecular weight is 592 g/mol. The van der Waals surface area contributed by atoms with Gasteiger partial charge in [-0.1, -0.05) is 13.3 Å². The number of hydrogen-bond acceptors (Lipinski definition) is 12. The van der Waals surface area contributed by atoms with E-state index in [1.54, 1.807) is 20.8 Å². The van der Waals surface area contributed by atoms with E-state index in [2.05, 4.69) is 16.0 Å². The Kier molecular flexibility index (Phi) is 14.1. The molecule has 1 saturated heterocycles. The topological polar surface area (TPSA) is 177 Å². The first-order chi connectivity index (χ1) is 18.5. The van der Waals surface area contributed by atoms with Gasteiger partial charge in [-0.15, -0.1) is 0 Å². The number of ether oxygens (including phenoxy) is 6. The van der Waals surface area contributed by atoms with Crippen molar-refractivity contribution in [1.82, 2.24) is 16.0 Å². The molecule has 1 aliphatic rings. The molecular formula is C25H41N3O11S. The molecule has 1 heterocycles. The van der Waals surface area contributed by atoms with E-state index in [1.165, 1.54) is 6.92 Å². The summed E-state index contributed by atoms with van der Waals surface area (Å²) >= 11 is 5.41. The Balaban J connectivity index is 3.14. The van der Waals surface area contributed by atoms with Gasteiger partial charge in [0.1, 0.15) is 18.3 Å². The lowest BCUT2D eigenvalue weighted by Gasteiger charge is -2.44. The molecule has 40 heavy (non-hydrogen) atoms. The highest BCUT2D eigenvalue weighted by molar-refractivity contribution is 7.80. The molecule has 1 fully saturated rings. The fourth-order valence-corrected chi connectivity index (χ4v) is 3.99. The van der Waals surface area contributed by atoms with E-state index < -0.39 is 66.2 Å². The number of carbonyl (C=O) groups is 5. The number of thiocarbonyl (C=S) groups is 1. The van der Waals surface area contributed by atoms with Gasteiger partial charge in [0, 0.05) is 40.3 Å². The van der Waals surface area contributed by atoms with Crippen LogP contribution in [0.25, 0.3) is 0 Å². The smallest absolute Gasteiger partial charge is 0.407 e. The second kappa shape index (κ2) is 16.2. The van der Waals surface area contributed by atoms with Crippen LogP contribution in [-0.2, 0) is 47.6 Å². The zero-order valence-corrected chi connectivity index (χ0v) is 25.0. The first-order valence-electron chi connectivity index (χ1n) is 12.9. The van der Waals surface area contributed by atoms with Gasteiger partial charge in [-0.3, -0.25) is 19.2 Å². The first-order valence-corrected chi connectivity index (χ1v) is 13.3. The van der Waals surface area contributed by atoms with E-state index in [1.807, 2.05) is 6.92 Å². The zero-order chi connectivity index (χ0) is 30.6. The maximum Gasteiger partial charge on any atom is 0.407 e. The lowest BCUT2D eigenvalue weighted by atomic mass is 9.97. The monoisotopic (exact) mass is 591 g/mol. The van der Waals surface area contributed by atoms with Crippen LogP contribution in [0.2, 0.25) is 0 Å². The summed E-state index contributed by atoms with van der Waals surface area (Å²) in [6, 6.07) is -0.338. The van der Waals surface area contributed by atoms with Crippen LogP contribution in [0.4, 0.5) is 4.79 Å². The van der Waals surface area contributed by atoms with Gasteiger partial charge >= 0.3 is 30.0 Å². The minimum atomic E-state index is -1.33. The highest BCUT2D eigenvalue weighted by Gasteiger charge is 2.52. The Labute approximate surface area is 239 Å². The predicted molar refractivity (Wildman–Crippen MR) is 144 cm³/mol. The fraction of sp³-hybridized carbons (Fsp3) is 0.760. The third-order valence-corrected chi connectivity index (χ3v) is 5.39. The van der Waals surface area contributed by atoms with Crippen LogP contribution >= 0.6 is 12.2 Å². The molecule has 14 nitrogen and oxygen atoms in total. The van der Waals surface area contributed by atoms with Gasteiger partial charge in [-0.25, -0.2) is 4.79 Å². The Morgan fingerprint density at radius 3 is 1.93 bits per heavy atom. The van der Waals surface area contributed by atoms with E-state index in [-0.39, 0.29) is 24.3 Å². The molecule has 0 bridgehead atoms. The average Bonchev–Trinajstić information content (AvgIpc) is 2.78. The highest BCUT2D eigenvalue weighted by atomic mass is 32.1. The molecule has 1 aliphatic heterocycles. The van der Waals surface area contributed by atoms with Crippen molar-refractivity contribution in [2.75, 3.05) is 13.2 Å². The van der Waals surface area contributed by atoms with Crippen molar-refractivity contribution in [3.05, 3.63) is 0 Å². The Morgan fingerprint density at radius 1 is 0.875 bits per heavy atom. The van der Waals surface area contributed by atoms with Gasteiger partial charge in [0.05, 0.1) is 0 Å². The van der Waals surface area contributed by atoms with Crippen molar-refractivity contribution < 1.29 is 52.4 Å². The van der Waals surface area contributed by atoms with Crippen molar-refractivity contribution in [2.45, 2.75) is 111 Å². The molecule has 0 aromatic carbocycles. The molecule has 0 radical (unpaired) electrons. The highest BCUT2D eigenvalue weighted by Crippen LogP contribution is 2.28. The normalized spacial score (nSPS) is 23.1. The predicted octanol–water partition coefficient (Wildman–Crippen LogP) is 1.23. The molecule has 0 spiro atoms. The van der Waals surface area contributed by atoms with E-state index in [4.69, 9.17) is 40.6 Å². The van der Waals surface area contributed by atoms with Crippen LogP contribution in [0.15, 0.2) is 0 Å². The quantitative estimate of drug-likeness (QED) is 0.178. The molecule has 0 saturated carbocycles. The van der Waals surface area contributed by atoms with Crippen molar-refractivity contribution in [1.29, 1.82) is 0 Å². The minimum absolute atomic E-state index is 0.0491. The lowest BCUT2D eigenvalue weighted by molar-refractivity contribution is -0.254. The molecule has 3 N–H and O–H groups in total. The number of rotatable bonds is 11. The van der Waals surface area contributed by atoms with Gasteiger partial charge in [0.25, 0.3) is 0 Å². The molecule has 1 amide bonds. The molecule has 0 aromatic rings. The molecule has 228 valence electrons. The third kappa shape index (κ3) is 13.2. The van der Waals surface area contributed by atoms with E-state index >= 15 is 0 Å². The van der Waals surface area contributed by atoms with E-state index in [9.17, 15) is 24.0 Å². The SMILES string of the molecule is CCCC(CNC(=S)NC1OC(COC(C)=O)C(OC(C)=O)C(OC(C)=O)C1OC(C)=O)NC(=O)OC(C)(C)C. The van der Waals surface area contributed by atoms with Gasteiger partial charge in [-0.2, -0.15) is 0 Å². The summed E-state index contributed by atoms with van der Waals surface area (Å²) in [5.74, 6) is -2.84. The summed E-state index contributed by atoms with van der Waals surface area (Å²) in [4.78, 5) is 59.5. The summed E-state index contributed by atoms with van der Waals surface area (Å²) in [6.07, 6.45) is -5.46. The maximum absolute atomic E-state index is 12.2. The van der Waals surface area contributed by atoms with Crippen LogP contribution in [0.3, 0.4) is 0 Å². The number of nitrogens with one attached hydrogen (secondary N) is 3. The summed E-state index contributed by atoms with van der Waals surface area (Å²) in [6.45, 7) is 11.7. The summed E-state index contributed by atoms with van der Waals surface area (Å²) in [5, 5.41) is 8.67. The van der Waals surface area contributed by atoms with E-state index in [0.29, 0.717) is 6.42 Å². The molecule has 6 atom stereocenters. The van der Waals surface area contributed by atoms with Gasteiger partial charge in [-0.05, 0) is 39.4 Å². The Hall–Kier alpha value is -3.20. The second-order valence-electron chi connectivity index (χ2n) is 10.1. The van der Waals surface area contributed by atoms with Crippen LogP contribution in [0.5, 0.6) is 0 Å². The van der Waals surface area contributed by atoms with Gasteiger partial charge in [0.15, 0.2) is 29.7 Å². The minimum Gasteiger partial charge on any atom is -0.463 e. The summed E-state index contributed by atoms with van der Waals surface area (Å²) in [7, 11) is 0. The number of alkyl carbamates (subject to hydrolysis) is 1. The maximum atomic E-state index is 12.2. The lowest BCUT2D eigenvalue weighted by Crippen LogP contribution is -2.67. The van der Waals surface area contributed by atoms with Crippen LogP contribution in [0, 0.1) is 0 Å². The van der Waals surface area contributed by atoms with Gasteiger partial charge in [0.2, 0.25) is 0 Å². The molecule has 15 heteroatoms. The Bertz CT molecular complexity index is 924. The summed E-state index contributed by atoms with van der Waals surface area (Å²) < 4.78 is 32.5. The van der Waals surface area contributed by atoms with Crippen LogP contribution in [-0.4, -0.2) is 90.5 Å². The van der Waals surface area contributed by atoms with Crippen molar-refractivity contribution in [3.63, 3.8) is 0 Å². The van der Waals surface area contributed by atoms with Crippen molar-refractivity contribution in [2.24, 2.45) is 0 Å². The number of amides is 1. The largest absolute Gasteiger partial charge is 0.463 e. The number of carbonyl (C=O) groups excluding carboxylic acids is 5. The first kappa shape index (κ1) is 34.8. The summed E-state index contributed by atoms with van der Waals surface area (Å²) in [5.41, 5.74) is -0.666. The molecule has 6 unspecified atom stereocenters. The van der Waals surface area contributed by atoms with E-state index in [0.717, 1.165) is 27.2 Å². The molecule has 0 aliphatic carbocycles. The fourth-order valence-electron chi connectivity index (χ4n) is 3.79. The molecule has 1 rings (SSSR count). The molecule has 0 aromatic heterocycles. The third-order valence-electron chi connectivity index (χ3n) is 5.13. The standard InChI is InChI=1S/C25H41N3O11S/c1-9-10-17(27-24(33)39-25(6,7)8)11-26-23(40)28-22-21(37-16(5)32)20(36-15(4)31)19(35-14(3)30)18(38-22)12-34-13(2)29/h17-22H,9-12H2,1-8H3,(H,27,33)(H2,26,28,40). The Morgan fingerprint density at radius 2 is 1.43 bits per heavy atom. The zero-order valence-electron chi connectivity index (χ0n) is 24.2. The number of esters is 4. The van der Waals surface area contributed by atoms with Crippen LogP contribution < -0.4 is 16.0 Å². The molecular weight excluding hydrogens is 550 g/mol. The number of hydrogen-bond donors (Lipinski definition) is 3. The van der Waals surface area contributed by atoms with Crippen LogP contribution in [0.1, 0.15) is 68.2 Å². The second-order valence-corrected chi connectivity index (χ2v) is 10.5. The van der Waals surface area contributed by atoms with Gasteiger partial charge < -0.3 is 44.4 Å².